The standard InChI is InChI=1S/C9H14O3/c1-3-6-4-7(9(11)12)5(2)8(6)10/h5-7H,3-4H2,1-2H3,(H,11,12). The van der Waals surface area contributed by atoms with Crippen LogP contribution in [0.1, 0.15) is 26.7 Å². The van der Waals surface area contributed by atoms with Gasteiger partial charge in [0.25, 0.3) is 0 Å². The summed E-state index contributed by atoms with van der Waals surface area (Å²) in [7, 11) is 0. The number of carboxylic acids is 1. The predicted molar refractivity (Wildman–Crippen MR) is 43.7 cm³/mol. The van der Waals surface area contributed by atoms with Gasteiger partial charge in [0.1, 0.15) is 5.78 Å². The molecule has 0 heterocycles. The molecule has 1 aliphatic rings. The molecule has 0 aliphatic heterocycles. The number of carbonyl (C=O) groups is 2. The zero-order chi connectivity index (χ0) is 9.30. The van der Waals surface area contributed by atoms with Crippen LogP contribution in [0.2, 0.25) is 0 Å². The first-order chi connectivity index (χ1) is 5.57. The molecule has 0 radical (unpaired) electrons. The smallest absolute Gasteiger partial charge is 0.307 e. The SMILES string of the molecule is CCC1CC(C(=O)O)C(C)C1=O. The highest BCUT2D eigenvalue weighted by atomic mass is 16.4. The second kappa shape index (κ2) is 3.25. The molecule has 0 spiro atoms. The number of hydrogen-bond acceptors (Lipinski definition) is 2. The van der Waals surface area contributed by atoms with Crippen LogP contribution in [0.25, 0.3) is 0 Å². The lowest BCUT2D eigenvalue weighted by Crippen LogP contribution is -2.19. The highest BCUT2D eigenvalue weighted by Crippen LogP contribution is 2.34. The van der Waals surface area contributed by atoms with Crippen molar-refractivity contribution < 1.29 is 14.7 Å². The van der Waals surface area contributed by atoms with Gasteiger partial charge in [0.15, 0.2) is 0 Å². The lowest BCUT2D eigenvalue weighted by molar-refractivity contribution is -0.144. The van der Waals surface area contributed by atoms with Crippen molar-refractivity contribution in [3.63, 3.8) is 0 Å². The third-order valence-corrected chi connectivity index (χ3v) is 2.80. The van der Waals surface area contributed by atoms with Crippen LogP contribution < -0.4 is 0 Å². The lowest BCUT2D eigenvalue weighted by Gasteiger charge is -2.06. The zero-order valence-electron chi connectivity index (χ0n) is 7.41. The van der Waals surface area contributed by atoms with Crippen molar-refractivity contribution in [1.82, 2.24) is 0 Å². The second-order valence-corrected chi connectivity index (χ2v) is 3.48. The molecule has 0 saturated heterocycles. The molecule has 3 heteroatoms. The molecular formula is C9H14O3. The molecule has 1 rings (SSSR count). The summed E-state index contributed by atoms with van der Waals surface area (Å²) >= 11 is 0. The summed E-state index contributed by atoms with van der Waals surface area (Å²) in [5, 5.41) is 8.76. The molecule has 0 aromatic heterocycles. The van der Waals surface area contributed by atoms with Crippen LogP contribution in [-0.2, 0) is 9.59 Å². The zero-order valence-corrected chi connectivity index (χ0v) is 7.41. The highest BCUT2D eigenvalue weighted by molar-refractivity contribution is 5.91. The van der Waals surface area contributed by atoms with Crippen molar-refractivity contribution in [3.8, 4) is 0 Å². The number of aliphatic carboxylic acids is 1. The molecule has 3 nitrogen and oxygen atoms in total. The largest absolute Gasteiger partial charge is 0.481 e. The molecule has 3 atom stereocenters. The Hall–Kier alpha value is -0.860. The van der Waals surface area contributed by atoms with Crippen LogP contribution in [0.4, 0.5) is 0 Å². The fourth-order valence-corrected chi connectivity index (χ4v) is 1.88. The molecule has 1 aliphatic carbocycles. The maximum absolute atomic E-state index is 11.4. The Balaban J connectivity index is 2.73. The Morgan fingerprint density at radius 2 is 2.25 bits per heavy atom. The van der Waals surface area contributed by atoms with Crippen molar-refractivity contribution >= 4 is 11.8 Å². The van der Waals surface area contributed by atoms with Gasteiger partial charge in [-0.25, -0.2) is 0 Å². The van der Waals surface area contributed by atoms with Crippen LogP contribution in [0, 0.1) is 17.8 Å². The molecule has 12 heavy (non-hydrogen) atoms. The Kier molecular flexibility index (Phi) is 2.50. The monoisotopic (exact) mass is 170 g/mol. The number of carbonyl (C=O) groups excluding carboxylic acids is 1. The minimum atomic E-state index is -0.827. The maximum Gasteiger partial charge on any atom is 0.307 e. The van der Waals surface area contributed by atoms with Crippen LogP contribution in [-0.4, -0.2) is 16.9 Å². The minimum absolute atomic E-state index is 0.0129. The maximum atomic E-state index is 11.4. The first-order valence-electron chi connectivity index (χ1n) is 4.34. The van der Waals surface area contributed by atoms with E-state index in [9.17, 15) is 9.59 Å². The summed E-state index contributed by atoms with van der Waals surface area (Å²) in [4.78, 5) is 22.1. The molecule has 0 bridgehead atoms. The van der Waals surface area contributed by atoms with Gasteiger partial charge in [-0.1, -0.05) is 13.8 Å². The normalized spacial score (nSPS) is 35.5. The van der Waals surface area contributed by atoms with E-state index in [0.29, 0.717) is 6.42 Å². The molecule has 3 unspecified atom stereocenters. The van der Waals surface area contributed by atoms with Gasteiger partial charge in [-0.05, 0) is 12.8 Å². The van der Waals surface area contributed by atoms with Gasteiger partial charge in [0.05, 0.1) is 5.92 Å². The number of Topliss-reactive ketones (excluding diaryl/α,β-unsaturated/α-hetero) is 1. The quantitative estimate of drug-likeness (QED) is 0.680. The first-order valence-corrected chi connectivity index (χ1v) is 4.34. The number of ketones is 1. The van der Waals surface area contributed by atoms with Crippen molar-refractivity contribution in [3.05, 3.63) is 0 Å². The van der Waals surface area contributed by atoms with E-state index in [4.69, 9.17) is 5.11 Å². The van der Waals surface area contributed by atoms with Gasteiger partial charge in [-0.2, -0.15) is 0 Å². The summed E-state index contributed by atoms with van der Waals surface area (Å²) in [5.41, 5.74) is 0. The van der Waals surface area contributed by atoms with Crippen molar-refractivity contribution in [2.24, 2.45) is 17.8 Å². The first kappa shape index (κ1) is 9.23. The van der Waals surface area contributed by atoms with Crippen LogP contribution in [0.5, 0.6) is 0 Å². The molecule has 0 amide bonds. The summed E-state index contributed by atoms with van der Waals surface area (Å²) in [6.45, 7) is 3.65. The van der Waals surface area contributed by atoms with E-state index in [0.717, 1.165) is 6.42 Å². The Morgan fingerprint density at radius 1 is 1.67 bits per heavy atom. The Morgan fingerprint density at radius 3 is 2.50 bits per heavy atom. The van der Waals surface area contributed by atoms with E-state index in [2.05, 4.69) is 0 Å². The van der Waals surface area contributed by atoms with Gasteiger partial charge >= 0.3 is 5.97 Å². The number of carboxylic acid groups (broad SMARTS) is 1. The number of hydrogen-bond donors (Lipinski definition) is 1. The van der Waals surface area contributed by atoms with Crippen molar-refractivity contribution in [2.75, 3.05) is 0 Å². The van der Waals surface area contributed by atoms with E-state index in [1.807, 2.05) is 6.92 Å². The van der Waals surface area contributed by atoms with Crippen molar-refractivity contribution in [1.29, 1.82) is 0 Å². The van der Waals surface area contributed by atoms with E-state index in [1.165, 1.54) is 0 Å². The second-order valence-electron chi connectivity index (χ2n) is 3.48. The third-order valence-electron chi connectivity index (χ3n) is 2.80. The number of rotatable bonds is 2. The molecule has 1 fully saturated rings. The minimum Gasteiger partial charge on any atom is -0.481 e. The molecule has 0 aromatic rings. The Bertz CT molecular complexity index is 210. The van der Waals surface area contributed by atoms with E-state index < -0.39 is 11.9 Å². The van der Waals surface area contributed by atoms with Crippen molar-refractivity contribution in [2.45, 2.75) is 26.7 Å². The molecule has 1 saturated carbocycles. The third kappa shape index (κ3) is 1.36. The van der Waals surface area contributed by atoms with Crippen LogP contribution in [0.15, 0.2) is 0 Å². The van der Waals surface area contributed by atoms with Gasteiger partial charge in [-0.15, -0.1) is 0 Å². The van der Waals surface area contributed by atoms with E-state index in [1.54, 1.807) is 6.92 Å². The van der Waals surface area contributed by atoms with Crippen LogP contribution in [0.3, 0.4) is 0 Å². The molecule has 1 N–H and O–H groups in total. The van der Waals surface area contributed by atoms with Crippen LogP contribution >= 0.6 is 0 Å². The summed E-state index contributed by atoms with van der Waals surface area (Å²) in [6.07, 6.45) is 1.30. The lowest BCUT2D eigenvalue weighted by atomic mass is 9.98. The molecule has 0 aromatic carbocycles. The predicted octanol–water partition coefficient (Wildman–Crippen LogP) is 1.32. The summed E-state index contributed by atoms with van der Waals surface area (Å²) in [6, 6.07) is 0. The van der Waals surface area contributed by atoms with Gasteiger partial charge < -0.3 is 5.11 Å². The van der Waals surface area contributed by atoms with E-state index in [-0.39, 0.29) is 17.6 Å². The Labute approximate surface area is 71.8 Å². The highest BCUT2D eigenvalue weighted by Gasteiger charge is 2.41. The van der Waals surface area contributed by atoms with Gasteiger partial charge in [0, 0.05) is 11.8 Å². The summed E-state index contributed by atoms with van der Waals surface area (Å²) < 4.78 is 0. The molecular weight excluding hydrogens is 156 g/mol. The van der Waals surface area contributed by atoms with E-state index >= 15 is 0 Å². The molecule has 68 valence electrons. The average Bonchev–Trinajstić information content (AvgIpc) is 2.30. The topological polar surface area (TPSA) is 54.4 Å². The fourth-order valence-electron chi connectivity index (χ4n) is 1.88. The summed E-state index contributed by atoms with van der Waals surface area (Å²) in [5.74, 6) is -1.44. The average molecular weight is 170 g/mol. The fraction of sp³-hybridized carbons (Fsp3) is 0.778. The van der Waals surface area contributed by atoms with Gasteiger partial charge in [0.2, 0.25) is 0 Å². The van der Waals surface area contributed by atoms with Gasteiger partial charge in [-0.3, -0.25) is 9.59 Å².